The zero-order valence-corrected chi connectivity index (χ0v) is 9.23. The largest absolute Gasteiger partial charge is 0.328 e. The van der Waals surface area contributed by atoms with Crippen molar-refractivity contribution in [1.82, 2.24) is 19.1 Å². The lowest BCUT2D eigenvalue weighted by atomic mass is 10.5. The Hall–Kier alpha value is -1.82. The van der Waals surface area contributed by atoms with Gasteiger partial charge in [0, 0.05) is 19.3 Å². The van der Waals surface area contributed by atoms with Crippen LogP contribution in [0.4, 0.5) is 0 Å². The average molecular weight is 241 g/mol. The predicted molar refractivity (Wildman–Crippen MR) is 58.6 cm³/mol. The van der Waals surface area contributed by atoms with Gasteiger partial charge in [-0.25, -0.2) is 9.78 Å². The SMILES string of the molecule is Cn1c(Cl)cnc1Cn1ccc(=O)[nH]c1=O. The van der Waals surface area contributed by atoms with Crippen molar-refractivity contribution in [3.05, 3.63) is 50.3 Å². The van der Waals surface area contributed by atoms with Crippen LogP contribution in [0.1, 0.15) is 5.82 Å². The van der Waals surface area contributed by atoms with Crippen molar-refractivity contribution < 1.29 is 0 Å². The van der Waals surface area contributed by atoms with E-state index in [1.807, 2.05) is 0 Å². The van der Waals surface area contributed by atoms with Crippen molar-refractivity contribution in [2.45, 2.75) is 6.54 Å². The summed E-state index contributed by atoms with van der Waals surface area (Å²) >= 11 is 5.82. The van der Waals surface area contributed by atoms with E-state index in [2.05, 4.69) is 9.97 Å². The minimum absolute atomic E-state index is 0.263. The zero-order chi connectivity index (χ0) is 11.7. The molecule has 0 aromatic carbocycles. The maximum atomic E-state index is 11.4. The fourth-order valence-corrected chi connectivity index (χ4v) is 1.44. The van der Waals surface area contributed by atoms with Crippen molar-refractivity contribution in [3.63, 3.8) is 0 Å². The van der Waals surface area contributed by atoms with Crippen LogP contribution in [0.3, 0.4) is 0 Å². The Labute approximate surface area is 95.1 Å². The Morgan fingerprint density at radius 1 is 1.50 bits per heavy atom. The van der Waals surface area contributed by atoms with Crippen molar-refractivity contribution in [2.75, 3.05) is 0 Å². The van der Waals surface area contributed by atoms with E-state index in [-0.39, 0.29) is 6.54 Å². The Morgan fingerprint density at radius 3 is 2.81 bits per heavy atom. The number of imidazole rings is 1. The van der Waals surface area contributed by atoms with Gasteiger partial charge in [0.25, 0.3) is 5.56 Å². The first-order valence-corrected chi connectivity index (χ1v) is 4.91. The van der Waals surface area contributed by atoms with Gasteiger partial charge in [-0.15, -0.1) is 0 Å². The Morgan fingerprint density at radius 2 is 2.25 bits per heavy atom. The molecule has 0 saturated heterocycles. The lowest BCUT2D eigenvalue weighted by molar-refractivity contribution is 0.658. The highest BCUT2D eigenvalue weighted by atomic mass is 35.5. The molecule has 2 rings (SSSR count). The summed E-state index contributed by atoms with van der Waals surface area (Å²) in [5, 5.41) is 0.493. The zero-order valence-electron chi connectivity index (χ0n) is 8.48. The van der Waals surface area contributed by atoms with Crippen LogP contribution in [0.25, 0.3) is 0 Å². The Bertz CT molecular complexity index is 625. The lowest BCUT2D eigenvalue weighted by Crippen LogP contribution is -2.29. The molecule has 6 nitrogen and oxygen atoms in total. The van der Waals surface area contributed by atoms with Crippen LogP contribution in [-0.4, -0.2) is 19.1 Å². The van der Waals surface area contributed by atoms with Crippen LogP contribution in [0.2, 0.25) is 5.15 Å². The number of nitrogens with zero attached hydrogens (tertiary/aromatic N) is 3. The van der Waals surface area contributed by atoms with Crippen molar-refractivity contribution >= 4 is 11.6 Å². The summed E-state index contributed by atoms with van der Waals surface area (Å²) in [5.41, 5.74) is -0.884. The second-order valence-corrected chi connectivity index (χ2v) is 3.68. The number of hydrogen-bond acceptors (Lipinski definition) is 3. The van der Waals surface area contributed by atoms with Crippen molar-refractivity contribution in [2.24, 2.45) is 7.05 Å². The highest BCUT2D eigenvalue weighted by molar-refractivity contribution is 6.29. The number of halogens is 1. The first kappa shape index (κ1) is 10.7. The smallest absolute Gasteiger partial charge is 0.321 e. The molecule has 2 heterocycles. The third-order valence-electron chi connectivity index (χ3n) is 2.24. The first-order chi connectivity index (χ1) is 7.58. The van der Waals surface area contributed by atoms with Crippen molar-refractivity contribution in [1.29, 1.82) is 0 Å². The molecule has 7 heteroatoms. The lowest BCUT2D eigenvalue weighted by Gasteiger charge is -2.04. The van der Waals surface area contributed by atoms with E-state index in [1.165, 1.54) is 23.0 Å². The molecule has 84 valence electrons. The van der Waals surface area contributed by atoms with Crippen LogP contribution in [0.5, 0.6) is 0 Å². The molecule has 2 aromatic heterocycles. The maximum absolute atomic E-state index is 11.4. The maximum Gasteiger partial charge on any atom is 0.328 e. The molecule has 0 aliphatic carbocycles. The quantitative estimate of drug-likeness (QED) is 0.801. The van der Waals surface area contributed by atoms with E-state index in [1.54, 1.807) is 11.6 Å². The van der Waals surface area contributed by atoms with E-state index in [0.29, 0.717) is 11.0 Å². The number of hydrogen-bond donors (Lipinski definition) is 1. The average Bonchev–Trinajstić information content (AvgIpc) is 2.54. The molecule has 0 radical (unpaired) electrons. The molecule has 0 fully saturated rings. The third kappa shape index (κ3) is 1.92. The normalized spacial score (nSPS) is 10.6. The highest BCUT2D eigenvalue weighted by Crippen LogP contribution is 2.09. The molecule has 16 heavy (non-hydrogen) atoms. The summed E-state index contributed by atoms with van der Waals surface area (Å²) < 4.78 is 3.01. The van der Waals surface area contributed by atoms with Crippen LogP contribution in [0.15, 0.2) is 28.0 Å². The van der Waals surface area contributed by atoms with E-state index in [9.17, 15) is 9.59 Å². The molecular formula is C9H9ClN4O2. The molecule has 0 aliphatic rings. The second kappa shape index (κ2) is 3.97. The van der Waals surface area contributed by atoms with Gasteiger partial charge < -0.3 is 4.57 Å². The van der Waals surface area contributed by atoms with Gasteiger partial charge in [0.15, 0.2) is 0 Å². The summed E-state index contributed by atoms with van der Waals surface area (Å²) in [7, 11) is 1.75. The van der Waals surface area contributed by atoms with Crippen LogP contribution in [0, 0.1) is 0 Å². The molecule has 0 spiro atoms. The fraction of sp³-hybridized carbons (Fsp3) is 0.222. The van der Waals surface area contributed by atoms with Crippen LogP contribution >= 0.6 is 11.6 Å². The summed E-state index contributed by atoms with van der Waals surface area (Å²) in [6.45, 7) is 0.263. The van der Waals surface area contributed by atoms with Gasteiger partial charge in [0.05, 0.1) is 12.7 Å². The number of H-pyrrole nitrogens is 1. The number of rotatable bonds is 2. The molecular weight excluding hydrogens is 232 g/mol. The third-order valence-corrected chi connectivity index (χ3v) is 2.59. The second-order valence-electron chi connectivity index (χ2n) is 3.29. The number of nitrogens with one attached hydrogen (secondary N) is 1. The monoisotopic (exact) mass is 240 g/mol. The van der Waals surface area contributed by atoms with E-state index >= 15 is 0 Å². The minimum atomic E-state index is -0.466. The summed E-state index contributed by atoms with van der Waals surface area (Å²) in [4.78, 5) is 28.5. The molecule has 1 N–H and O–H groups in total. The summed E-state index contributed by atoms with van der Waals surface area (Å²) in [5.74, 6) is 0.638. The topological polar surface area (TPSA) is 72.7 Å². The van der Waals surface area contributed by atoms with E-state index in [4.69, 9.17) is 11.6 Å². The van der Waals surface area contributed by atoms with Gasteiger partial charge in [0.1, 0.15) is 11.0 Å². The van der Waals surface area contributed by atoms with Gasteiger partial charge in [-0.2, -0.15) is 0 Å². The molecule has 0 saturated carbocycles. The van der Waals surface area contributed by atoms with Crippen LogP contribution < -0.4 is 11.2 Å². The predicted octanol–water partition coefficient (Wildman–Crippen LogP) is -0.0282. The number of aromatic nitrogens is 4. The highest BCUT2D eigenvalue weighted by Gasteiger charge is 2.06. The number of aromatic amines is 1. The van der Waals surface area contributed by atoms with Gasteiger partial charge in [-0.05, 0) is 0 Å². The van der Waals surface area contributed by atoms with E-state index in [0.717, 1.165) is 0 Å². The molecule has 0 aliphatic heterocycles. The summed E-state index contributed by atoms with van der Waals surface area (Å²) in [6.07, 6.45) is 2.93. The van der Waals surface area contributed by atoms with Gasteiger partial charge in [-0.3, -0.25) is 14.3 Å². The molecule has 0 bridgehead atoms. The van der Waals surface area contributed by atoms with Gasteiger partial charge >= 0.3 is 5.69 Å². The standard InChI is InChI=1S/C9H9ClN4O2/c1-13-6(10)4-11-7(13)5-14-3-2-8(15)12-9(14)16/h2-4H,5H2,1H3,(H,12,15,16). The molecule has 2 aromatic rings. The Balaban J connectivity index is 2.38. The first-order valence-electron chi connectivity index (χ1n) is 4.54. The fourth-order valence-electron chi connectivity index (χ4n) is 1.29. The Kier molecular flexibility index (Phi) is 2.66. The minimum Gasteiger partial charge on any atom is -0.321 e. The van der Waals surface area contributed by atoms with Gasteiger partial charge in [-0.1, -0.05) is 11.6 Å². The molecule has 0 atom stereocenters. The van der Waals surface area contributed by atoms with Gasteiger partial charge in [0.2, 0.25) is 0 Å². The van der Waals surface area contributed by atoms with Crippen LogP contribution in [-0.2, 0) is 13.6 Å². The molecule has 0 unspecified atom stereocenters. The van der Waals surface area contributed by atoms with E-state index < -0.39 is 11.2 Å². The van der Waals surface area contributed by atoms with Crippen molar-refractivity contribution in [3.8, 4) is 0 Å². The summed E-state index contributed by atoms with van der Waals surface area (Å²) in [6, 6.07) is 1.28. The molecule has 0 amide bonds.